The highest BCUT2D eigenvalue weighted by atomic mass is 79.9. The first-order chi connectivity index (χ1) is 9.00. The molecule has 104 valence electrons. The molecule has 4 nitrogen and oxygen atoms in total. The van der Waals surface area contributed by atoms with Gasteiger partial charge in [-0.25, -0.2) is 0 Å². The third-order valence-corrected chi connectivity index (χ3v) is 3.48. The molecule has 0 aliphatic heterocycles. The Bertz CT molecular complexity index is 477. The fourth-order valence-electron chi connectivity index (χ4n) is 1.86. The van der Waals surface area contributed by atoms with Crippen LogP contribution in [0.2, 0.25) is 0 Å². The Hall–Kier alpha value is -1.43. The zero-order valence-corrected chi connectivity index (χ0v) is 11.9. The number of carboxylic acids is 1. The minimum absolute atomic E-state index is 0.0323. The molecule has 1 atom stereocenters. The predicted molar refractivity (Wildman–Crippen MR) is 70.7 cm³/mol. The van der Waals surface area contributed by atoms with Crippen LogP contribution in [0.3, 0.4) is 0 Å². The summed E-state index contributed by atoms with van der Waals surface area (Å²) in [5.41, 5.74) is -1.83. The molecule has 0 spiro atoms. The van der Waals surface area contributed by atoms with E-state index in [0.717, 1.165) is 0 Å². The zero-order chi connectivity index (χ0) is 14.5. The molecule has 19 heavy (non-hydrogen) atoms. The van der Waals surface area contributed by atoms with Crippen molar-refractivity contribution < 1.29 is 23.8 Å². The number of ether oxygens (including phenoxy) is 1. The van der Waals surface area contributed by atoms with Crippen LogP contribution in [0, 0.1) is 0 Å². The molecule has 0 amide bonds. The first-order valence-electron chi connectivity index (χ1n) is 5.72. The van der Waals surface area contributed by atoms with Gasteiger partial charge in [0.05, 0.1) is 13.3 Å². The van der Waals surface area contributed by atoms with E-state index in [2.05, 4.69) is 15.9 Å². The molecule has 1 unspecified atom stereocenters. The number of carbonyl (C=O) groups excluding carboxylic acids is 1. The van der Waals surface area contributed by atoms with Crippen LogP contribution in [0.25, 0.3) is 0 Å². The number of hydrogen-bond acceptors (Lipinski definition) is 3. The number of hydrogen-bond donors (Lipinski definition) is 1. The van der Waals surface area contributed by atoms with Crippen molar-refractivity contribution in [3.8, 4) is 0 Å². The molecule has 1 aromatic carbocycles. The van der Waals surface area contributed by atoms with Crippen LogP contribution >= 0.6 is 15.9 Å². The number of alkyl halides is 1. The summed E-state index contributed by atoms with van der Waals surface area (Å²) in [4.78, 5) is 23.7. The smallest absolute Gasteiger partial charge is 0.328 e. The summed E-state index contributed by atoms with van der Waals surface area (Å²) in [6.07, 6.45) is -0.468. The van der Waals surface area contributed by atoms with Crippen molar-refractivity contribution in [1.29, 1.82) is 0 Å². The Balaban J connectivity index is 3.44. The van der Waals surface area contributed by atoms with E-state index < -0.39 is 30.4 Å². The monoisotopic (exact) mass is 332 g/mol. The number of rotatable bonds is 6. The number of carboxylic acid groups (broad SMARTS) is 1. The van der Waals surface area contributed by atoms with E-state index in [0.29, 0.717) is 4.47 Å². The van der Waals surface area contributed by atoms with Crippen LogP contribution in [-0.4, -0.2) is 30.3 Å². The summed E-state index contributed by atoms with van der Waals surface area (Å²) in [5, 5.41) is 9.44. The third kappa shape index (κ3) is 2.94. The molecular formula is C13H14BrFO4. The highest BCUT2D eigenvalue weighted by Crippen LogP contribution is 2.35. The van der Waals surface area contributed by atoms with Gasteiger partial charge >= 0.3 is 11.9 Å². The molecular weight excluding hydrogens is 319 g/mol. The number of benzene rings is 1. The largest absolute Gasteiger partial charge is 0.480 e. The maximum Gasteiger partial charge on any atom is 0.328 e. The van der Waals surface area contributed by atoms with Gasteiger partial charge in [-0.1, -0.05) is 34.1 Å². The van der Waals surface area contributed by atoms with Crippen molar-refractivity contribution >= 4 is 27.9 Å². The summed E-state index contributed by atoms with van der Waals surface area (Å²) in [5.74, 6) is -2.37. The lowest BCUT2D eigenvalue weighted by Crippen LogP contribution is -2.45. The lowest BCUT2D eigenvalue weighted by Gasteiger charge is -2.27. The molecule has 6 heteroatoms. The number of halogens is 2. The molecule has 0 aliphatic rings. The highest BCUT2D eigenvalue weighted by Gasteiger charge is 2.50. The number of aliphatic carboxylic acids is 1. The van der Waals surface area contributed by atoms with E-state index >= 15 is 0 Å². The maximum atomic E-state index is 12.8. The summed E-state index contributed by atoms with van der Waals surface area (Å²) in [6.45, 7) is 0.664. The van der Waals surface area contributed by atoms with Gasteiger partial charge < -0.3 is 9.84 Å². The lowest BCUT2D eigenvalue weighted by molar-refractivity contribution is -0.162. The molecule has 0 saturated carbocycles. The molecule has 0 aliphatic carbocycles. The van der Waals surface area contributed by atoms with E-state index in [1.807, 2.05) is 0 Å². The molecule has 0 saturated heterocycles. The lowest BCUT2D eigenvalue weighted by atomic mass is 9.78. The van der Waals surface area contributed by atoms with Crippen molar-refractivity contribution in [2.75, 3.05) is 13.3 Å². The molecule has 0 aromatic heterocycles. The van der Waals surface area contributed by atoms with Crippen molar-refractivity contribution in [1.82, 2.24) is 0 Å². The Morgan fingerprint density at radius 3 is 2.53 bits per heavy atom. The van der Waals surface area contributed by atoms with Gasteiger partial charge in [0.1, 0.15) is 0 Å². The van der Waals surface area contributed by atoms with E-state index in [-0.39, 0.29) is 12.2 Å². The first kappa shape index (κ1) is 15.6. The van der Waals surface area contributed by atoms with Crippen LogP contribution in [0.1, 0.15) is 18.9 Å². The van der Waals surface area contributed by atoms with Crippen LogP contribution in [0.4, 0.5) is 4.39 Å². The molecule has 1 rings (SSSR count). The van der Waals surface area contributed by atoms with Gasteiger partial charge in [0.2, 0.25) is 0 Å². The molecule has 0 radical (unpaired) electrons. The van der Waals surface area contributed by atoms with Crippen LogP contribution in [0.15, 0.2) is 28.7 Å². The van der Waals surface area contributed by atoms with Gasteiger partial charge in [-0.2, -0.15) is 0 Å². The Kier molecular flexibility index (Phi) is 5.47. The van der Waals surface area contributed by atoms with E-state index in [1.165, 1.54) is 6.07 Å². The van der Waals surface area contributed by atoms with E-state index in [4.69, 9.17) is 4.74 Å². The van der Waals surface area contributed by atoms with Gasteiger partial charge in [-0.05, 0) is 18.6 Å². The van der Waals surface area contributed by atoms with Crippen LogP contribution < -0.4 is 0 Å². The van der Waals surface area contributed by atoms with Gasteiger partial charge in [0.15, 0.2) is 5.41 Å². The van der Waals surface area contributed by atoms with E-state index in [9.17, 15) is 19.1 Å². The normalized spacial score (nSPS) is 13.6. The average Bonchev–Trinajstić information content (AvgIpc) is 2.36. The molecule has 1 aromatic rings. The highest BCUT2D eigenvalue weighted by molar-refractivity contribution is 9.10. The van der Waals surface area contributed by atoms with Crippen LogP contribution in [-0.2, 0) is 19.7 Å². The molecule has 0 bridgehead atoms. The second kappa shape index (κ2) is 6.65. The summed E-state index contributed by atoms with van der Waals surface area (Å²) >= 11 is 3.20. The SMILES string of the molecule is CCOC(=O)C(CCF)(C(=O)O)c1ccccc1Br. The van der Waals surface area contributed by atoms with Gasteiger partial charge in [0, 0.05) is 10.9 Å². The van der Waals surface area contributed by atoms with Gasteiger partial charge in [-0.15, -0.1) is 0 Å². The molecule has 0 fully saturated rings. The Morgan fingerprint density at radius 1 is 1.42 bits per heavy atom. The fourth-order valence-corrected chi connectivity index (χ4v) is 2.48. The van der Waals surface area contributed by atoms with Crippen molar-refractivity contribution in [2.24, 2.45) is 0 Å². The first-order valence-corrected chi connectivity index (χ1v) is 6.51. The predicted octanol–water partition coefficient (Wildman–Crippen LogP) is 2.69. The van der Waals surface area contributed by atoms with Crippen molar-refractivity contribution in [3.63, 3.8) is 0 Å². The molecule has 1 N–H and O–H groups in total. The Labute approximate surface area is 118 Å². The zero-order valence-electron chi connectivity index (χ0n) is 10.4. The average molecular weight is 333 g/mol. The third-order valence-electron chi connectivity index (χ3n) is 2.79. The number of esters is 1. The summed E-state index contributed by atoms with van der Waals surface area (Å²) in [7, 11) is 0. The quantitative estimate of drug-likeness (QED) is 0.642. The van der Waals surface area contributed by atoms with Crippen molar-refractivity contribution in [2.45, 2.75) is 18.8 Å². The Morgan fingerprint density at radius 2 is 2.05 bits per heavy atom. The maximum absolute atomic E-state index is 12.8. The fraction of sp³-hybridized carbons (Fsp3) is 0.385. The second-order valence-corrected chi connectivity index (χ2v) is 4.70. The topological polar surface area (TPSA) is 63.6 Å². The van der Waals surface area contributed by atoms with Crippen molar-refractivity contribution in [3.05, 3.63) is 34.3 Å². The number of carbonyl (C=O) groups is 2. The van der Waals surface area contributed by atoms with Crippen LogP contribution in [0.5, 0.6) is 0 Å². The summed E-state index contributed by atoms with van der Waals surface area (Å²) in [6, 6.07) is 6.35. The minimum atomic E-state index is -2.02. The van der Waals surface area contributed by atoms with E-state index in [1.54, 1.807) is 25.1 Å². The summed E-state index contributed by atoms with van der Waals surface area (Å²) < 4.78 is 18.0. The minimum Gasteiger partial charge on any atom is -0.480 e. The standard InChI is InChI=1S/C13H14BrFO4/c1-2-19-12(18)13(7-8-15,11(16)17)9-5-3-4-6-10(9)14/h3-6H,2,7-8H2,1H3,(H,16,17). The second-order valence-electron chi connectivity index (χ2n) is 3.85. The van der Waals surface area contributed by atoms with Gasteiger partial charge in [0.25, 0.3) is 0 Å². The molecule has 0 heterocycles. The van der Waals surface area contributed by atoms with Gasteiger partial charge in [-0.3, -0.25) is 14.0 Å².